The Labute approximate surface area is 118 Å². The maximum Gasteiger partial charge on any atom is 0.323 e. The molecule has 102 valence electrons. The molecule has 1 heterocycles. The van der Waals surface area contributed by atoms with E-state index in [2.05, 4.69) is 25.9 Å². The minimum Gasteiger partial charge on any atom is -0.481 e. The Kier molecular flexibility index (Phi) is 3.54. The Morgan fingerprint density at radius 3 is 2.47 bits per heavy atom. The summed E-state index contributed by atoms with van der Waals surface area (Å²) in [6.45, 7) is 3.42. The van der Waals surface area contributed by atoms with Gasteiger partial charge in [0.2, 0.25) is 0 Å². The van der Waals surface area contributed by atoms with Crippen LogP contribution in [0.1, 0.15) is 25.8 Å². The molecule has 0 aliphatic rings. The largest absolute Gasteiger partial charge is 0.481 e. The number of nitrogens with one attached hydrogen (secondary N) is 2. The summed E-state index contributed by atoms with van der Waals surface area (Å²) in [5, 5.41) is 9.10. The fourth-order valence-electron chi connectivity index (χ4n) is 1.85. The van der Waals surface area contributed by atoms with Gasteiger partial charge in [0.15, 0.2) is 0 Å². The van der Waals surface area contributed by atoms with Crippen molar-refractivity contribution in [3.63, 3.8) is 0 Å². The first-order chi connectivity index (χ1) is 8.79. The van der Waals surface area contributed by atoms with E-state index in [1.54, 1.807) is 13.8 Å². The SMILES string of the molecule is CC(C)(CCc1cc2[nH]c(=O)[nH]c2cc1Br)C(=O)O. The first-order valence-corrected chi connectivity index (χ1v) is 6.73. The van der Waals surface area contributed by atoms with Gasteiger partial charge in [0.05, 0.1) is 16.4 Å². The molecular formula is C13H15BrN2O3. The van der Waals surface area contributed by atoms with Crippen molar-refractivity contribution < 1.29 is 9.90 Å². The Hall–Kier alpha value is -1.56. The lowest BCUT2D eigenvalue weighted by atomic mass is 9.86. The van der Waals surface area contributed by atoms with Crippen LogP contribution in [0.5, 0.6) is 0 Å². The van der Waals surface area contributed by atoms with E-state index < -0.39 is 11.4 Å². The summed E-state index contributed by atoms with van der Waals surface area (Å²) in [5.41, 5.74) is 1.44. The molecule has 5 nitrogen and oxygen atoms in total. The van der Waals surface area contributed by atoms with Crippen molar-refractivity contribution in [2.24, 2.45) is 5.41 Å². The summed E-state index contributed by atoms with van der Waals surface area (Å²) in [5.74, 6) is -0.806. The predicted octanol–water partition coefficient (Wildman–Crippen LogP) is 2.66. The second kappa shape index (κ2) is 4.85. The fraction of sp³-hybridized carbons (Fsp3) is 0.385. The van der Waals surface area contributed by atoms with Gasteiger partial charge in [-0.05, 0) is 44.4 Å². The van der Waals surface area contributed by atoms with Crippen LogP contribution in [0.15, 0.2) is 21.4 Å². The van der Waals surface area contributed by atoms with E-state index in [-0.39, 0.29) is 5.69 Å². The highest BCUT2D eigenvalue weighted by Gasteiger charge is 2.26. The molecule has 6 heteroatoms. The van der Waals surface area contributed by atoms with Crippen LogP contribution in [0, 0.1) is 5.41 Å². The molecule has 0 unspecified atom stereocenters. The minimum absolute atomic E-state index is 0.245. The van der Waals surface area contributed by atoms with Crippen LogP contribution in [0.3, 0.4) is 0 Å². The van der Waals surface area contributed by atoms with Crippen LogP contribution in [0.2, 0.25) is 0 Å². The number of aromatic nitrogens is 2. The third-order valence-electron chi connectivity index (χ3n) is 3.28. The number of benzene rings is 1. The average molecular weight is 327 g/mol. The van der Waals surface area contributed by atoms with E-state index >= 15 is 0 Å². The van der Waals surface area contributed by atoms with E-state index in [1.807, 2.05) is 12.1 Å². The van der Waals surface area contributed by atoms with Crippen molar-refractivity contribution in [3.05, 3.63) is 32.7 Å². The average Bonchev–Trinajstić information content (AvgIpc) is 2.65. The van der Waals surface area contributed by atoms with Crippen molar-refractivity contribution in [2.45, 2.75) is 26.7 Å². The lowest BCUT2D eigenvalue weighted by Gasteiger charge is -2.19. The molecule has 3 N–H and O–H groups in total. The number of halogens is 1. The third kappa shape index (κ3) is 2.89. The molecule has 0 radical (unpaired) electrons. The van der Waals surface area contributed by atoms with Crippen LogP contribution in [-0.4, -0.2) is 21.0 Å². The van der Waals surface area contributed by atoms with E-state index in [1.165, 1.54) is 0 Å². The lowest BCUT2D eigenvalue weighted by molar-refractivity contribution is -0.147. The minimum atomic E-state index is -0.806. The maximum absolute atomic E-state index is 11.2. The molecular weight excluding hydrogens is 312 g/mol. The van der Waals surface area contributed by atoms with Crippen LogP contribution >= 0.6 is 15.9 Å². The smallest absolute Gasteiger partial charge is 0.323 e. The second-order valence-corrected chi connectivity index (χ2v) is 6.11. The molecule has 0 atom stereocenters. The molecule has 1 aromatic carbocycles. The van der Waals surface area contributed by atoms with Gasteiger partial charge < -0.3 is 15.1 Å². The van der Waals surface area contributed by atoms with Crippen LogP contribution in [0.25, 0.3) is 11.0 Å². The first kappa shape index (κ1) is 13.9. The van der Waals surface area contributed by atoms with E-state index in [9.17, 15) is 9.59 Å². The van der Waals surface area contributed by atoms with Gasteiger partial charge >= 0.3 is 11.7 Å². The number of hydrogen-bond acceptors (Lipinski definition) is 2. The monoisotopic (exact) mass is 326 g/mol. The predicted molar refractivity (Wildman–Crippen MR) is 76.4 cm³/mol. The third-order valence-corrected chi connectivity index (χ3v) is 4.02. The highest BCUT2D eigenvalue weighted by Crippen LogP contribution is 2.28. The summed E-state index contributed by atoms with van der Waals surface area (Å²) in [7, 11) is 0. The van der Waals surface area contributed by atoms with Gasteiger partial charge in [-0.15, -0.1) is 0 Å². The van der Waals surface area contributed by atoms with Gasteiger partial charge in [0.1, 0.15) is 0 Å². The summed E-state index contributed by atoms with van der Waals surface area (Å²) in [6.07, 6.45) is 1.16. The molecule has 0 aliphatic heterocycles. The lowest BCUT2D eigenvalue weighted by Crippen LogP contribution is -2.24. The molecule has 2 rings (SSSR count). The number of aliphatic carboxylic acids is 1. The number of aryl methyl sites for hydroxylation is 1. The summed E-state index contributed by atoms with van der Waals surface area (Å²) >= 11 is 3.45. The molecule has 0 bridgehead atoms. The van der Waals surface area contributed by atoms with Crippen molar-refractivity contribution in [3.8, 4) is 0 Å². The van der Waals surface area contributed by atoms with E-state index in [0.29, 0.717) is 12.8 Å². The highest BCUT2D eigenvalue weighted by atomic mass is 79.9. The molecule has 0 aliphatic carbocycles. The number of carbonyl (C=O) groups is 1. The first-order valence-electron chi connectivity index (χ1n) is 5.93. The second-order valence-electron chi connectivity index (χ2n) is 5.26. The summed E-state index contributed by atoms with van der Waals surface area (Å²) in [4.78, 5) is 27.7. The normalized spacial score (nSPS) is 11.9. The topological polar surface area (TPSA) is 86.0 Å². The van der Waals surface area contributed by atoms with Crippen molar-refractivity contribution in [1.29, 1.82) is 0 Å². The van der Waals surface area contributed by atoms with Crippen LogP contribution in [-0.2, 0) is 11.2 Å². The number of imidazole rings is 1. The van der Waals surface area contributed by atoms with Crippen LogP contribution < -0.4 is 5.69 Å². The van der Waals surface area contributed by atoms with E-state index in [4.69, 9.17) is 5.11 Å². The molecule has 0 fully saturated rings. The molecule has 0 spiro atoms. The molecule has 0 amide bonds. The van der Waals surface area contributed by atoms with Crippen molar-refractivity contribution in [2.75, 3.05) is 0 Å². The standard InChI is InChI=1S/C13H15BrN2O3/c1-13(2,11(17)18)4-3-7-5-9-10(6-8(7)14)16-12(19)15-9/h5-6H,3-4H2,1-2H3,(H,17,18)(H2,15,16,19). The Balaban J connectivity index is 2.28. The quantitative estimate of drug-likeness (QED) is 0.807. The number of fused-ring (bicyclic) bond motifs is 1. The van der Waals surface area contributed by atoms with Gasteiger partial charge in [-0.1, -0.05) is 15.9 Å². The van der Waals surface area contributed by atoms with Crippen LogP contribution in [0.4, 0.5) is 0 Å². The van der Waals surface area contributed by atoms with Gasteiger partial charge in [-0.3, -0.25) is 4.79 Å². The highest BCUT2D eigenvalue weighted by molar-refractivity contribution is 9.10. The number of carboxylic acids is 1. The van der Waals surface area contributed by atoms with Crippen molar-refractivity contribution >= 4 is 32.9 Å². The Morgan fingerprint density at radius 1 is 1.32 bits per heavy atom. The zero-order valence-corrected chi connectivity index (χ0v) is 12.3. The molecule has 19 heavy (non-hydrogen) atoms. The maximum atomic E-state index is 11.2. The Morgan fingerprint density at radius 2 is 1.89 bits per heavy atom. The number of hydrogen-bond donors (Lipinski definition) is 3. The molecule has 0 saturated heterocycles. The summed E-state index contributed by atoms with van der Waals surface area (Å²) in [6, 6.07) is 3.70. The number of rotatable bonds is 4. The molecule has 2 aromatic rings. The van der Waals surface area contributed by atoms with Gasteiger partial charge in [-0.2, -0.15) is 0 Å². The van der Waals surface area contributed by atoms with Gasteiger partial charge in [-0.25, -0.2) is 4.79 Å². The van der Waals surface area contributed by atoms with Gasteiger partial charge in [0, 0.05) is 4.47 Å². The van der Waals surface area contributed by atoms with Crippen molar-refractivity contribution in [1.82, 2.24) is 9.97 Å². The van der Waals surface area contributed by atoms with E-state index in [0.717, 1.165) is 21.1 Å². The fourth-order valence-corrected chi connectivity index (χ4v) is 2.39. The van der Waals surface area contributed by atoms with Gasteiger partial charge in [0.25, 0.3) is 0 Å². The zero-order chi connectivity index (χ0) is 14.2. The number of H-pyrrole nitrogens is 2. The molecule has 1 aromatic heterocycles. The zero-order valence-electron chi connectivity index (χ0n) is 10.7. The molecule has 0 saturated carbocycles. The number of carboxylic acid groups (broad SMARTS) is 1. The number of aromatic amines is 2. The summed E-state index contributed by atoms with van der Waals surface area (Å²) < 4.78 is 0.872. The Bertz CT molecular complexity index is 685.